The third-order valence-corrected chi connectivity index (χ3v) is 3.31. The normalized spacial score (nSPS) is 28.9. The monoisotopic (exact) mass is 208 g/mol. The number of methoxy groups -OCH3 is 1. The summed E-state index contributed by atoms with van der Waals surface area (Å²) in [6, 6.07) is 0. The molecule has 15 heavy (non-hydrogen) atoms. The molecule has 0 aliphatic heterocycles. The number of ether oxygens (including phenoxy) is 1. The van der Waals surface area contributed by atoms with Gasteiger partial charge in [-0.2, -0.15) is 0 Å². The van der Waals surface area contributed by atoms with Gasteiger partial charge in [0.1, 0.15) is 5.54 Å². The maximum atomic E-state index is 11.8. The van der Waals surface area contributed by atoms with Gasteiger partial charge in [0.15, 0.2) is 0 Å². The van der Waals surface area contributed by atoms with Gasteiger partial charge in [0.2, 0.25) is 0 Å². The van der Waals surface area contributed by atoms with Gasteiger partial charge in [-0.15, -0.1) is 0 Å². The van der Waals surface area contributed by atoms with E-state index in [1.165, 1.54) is 7.11 Å². The third kappa shape index (κ3) is 1.21. The van der Waals surface area contributed by atoms with Crippen LogP contribution in [0.1, 0.15) is 18.1 Å². The van der Waals surface area contributed by atoms with Crippen LogP contribution in [0.25, 0.3) is 0 Å². The van der Waals surface area contributed by atoms with Crippen LogP contribution in [0, 0.1) is 5.92 Å². The summed E-state index contributed by atoms with van der Waals surface area (Å²) in [5, 5.41) is 0. The first-order valence-electron chi connectivity index (χ1n) is 5.02. The van der Waals surface area contributed by atoms with Gasteiger partial charge in [0, 0.05) is 25.0 Å². The number of esters is 1. The van der Waals surface area contributed by atoms with Crippen molar-refractivity contribution in [2.45, 2.75) is 18.9 Å². The summed E-state index contributed by atoms with van der Waals surface area (Å²) in [5.41, 5.74) is 7.28. The first kappa shape index (κ1) is 10.2. The molecule has 2 N–H and O–H groups in total. The molecular formula is C11H16N2O2. The highest BCUT2D eigenvalue weighted by molar-refractivity contribution is 5.84. The van der Waals surface area contributed by atoms with Crippen molar-refractivity contribution in [3.63, 3.8) is 0 Å². The Morgan fingerprint density at radius 2 is 2.33 bits per heavy atom. The third-order valence-electron chi connectivity index (χ3n) is 3.31. The van der Waals surface area contributed by atoms with E-state index in [0.717, 1.165) is 17.5 Å². The zero-order valence-electron chi connectivity index (χ0n) is 9.28. The number of hydrogen-bond donors (Lipinski definition) is 1. The molecule has 0 spiro atoms. The van der Waals surface area contributed by atoms with Crippen LogP contribution < -0.4 is 5.73 Å². The van der Waals surface area contributed by atoms with Gasteiger partial charge < -0.3 is 15.0 Å². The Morgan fingerprint density at radius 3 is 2.93 bits per heavy atom. The number of nitrogens with zero attached hydrogens (tertiary/aromatic N) is 1. The van der Waals surface area contributed by atoms with Crippen LogP contribution in [0.15, 0.2) is 12.4 Å². The number of fused-ring (bicyclic) bond motifs is 1. The van der Waals surface area contributed by atoms with Crippen molar-refractivity contribution in [1.29, 1.82) is 0 Å². The fourth-order valence-corrected chi connectivity index (χ4v) is 2.41. The van der Waals surface area contributed by atoms with Gasteiger partial charge in [0.05, 0.1) is 7.11 Å². The maximum absolute atomic E-state index is 11.8. The van der Waals surface area contributed by atoms with Gasteiger partial charge in [-0.1, -0.05) is 6.92 Å². The van der Waals surface area contributed by atoms with Gasteiger partial charge in [-0.3, -0.25) is 0 Å². The highest BCUT2D eigenvalue weighted by Gasteiger charge is 2.49. The second-order valence-corrected chi connectivity index (χ2v) is 4.33. The van der Waals surface area contributed by atoms with E-state index in [4.69, 9.17) is 10.5 Å². The number of carbonyl (C=O) groups excluding carboxylic acids is 1. The SMILES string of the molecule is COC(=O)C1(N)c2cn(C)cc2CC1C. The van der Waals surface area contributed by atoms with Gasteiger partial charge >= 0.3 is 5.97 Å². The lowest BCUT2D eigenvalue weighted by molar-refractivity contribution is -0.149. The number of rotatable bonds is 1. The topological polar surface area (TPSA) is 57.2 Å². The fraction of sp³-hybridized carbons (Fsp3) is 0.545. The number of carbonyl (C=O) groups is 1. The lowest BCUT2D eigenvalue weighted by Crippen LogP contribution is -2.48. The number of aromatic nitrogens is 1. The minimum atomic E-state index is -0.967. The number of nitrogens with two attached hydrogens (primary N) is 1. The lowest BCUT2D eigenvalue weighted by Gasteiger charge is -2.26. The summed E-state index contributed by atoms with van der Waals surface area (Å²) in [5.74, 6) is -0.254. The molecule has 4 heteroatoms. The Bertz CT molecular complexity index is 411. The summed E-state index contributed by atoms with van der Waals surface area (Å²) >= 11 is 0. The molecule has 1 heterocycles. The maximum Gasteiger partial charge on any atom is 0.330 e. The van der Waals surface area contributed by atoms with Crippen molar-refractivity contribution < 1.29 is 9.53 Å². The fourth-order valence-electron chi connectivity index (χ4n) is 2.41. The molecule has 1 aliphatic carbocycles. The van der Waals surface area contributed by atoms with Crippen molar-refractivity contribution in [3.8, 4) is 0 Å². The average Bonchev–Trinajstić information content (AvgIpc) is 2.65. The molecule has 0 aromatic carbocycles. The van der Waals surface area contributed by atoms with Crippen molar-refractivity contribution >= 4 is 5.97 Å². The molecule has 4 nitrogen and oxygen atoms in total. The predicted molar refractivity (Wildman–Crippen MR) is 56.2 cm³/mol. The van der Waals surface area contributed by atoms with E-state index >= 15 is 0 Å². The van der Waals surface area contributed by atoms with Crippen LogP contribution in [0.3, 0.4) is 0 Å². The molecule has 0 bridgehead atoms. The van der Waals surface area contributed by atoms with Crippen molar-refractivity contribution in [2.24, 2.45) is 18.7 Å². The van der Waals surface area contributed by atoms with Crippen LogP contribution in [0.5, 0.6) is 0 Å². The second-order valence-electron chi connectivity index (χ2n) is 4.33. The predicted octanol–water partition coefficient (Wildman–Crippen LogP) is 0.544. The molecule has 1 aromatic rings. The molecule has 1 aliphatic rings. The second kappa shape index (κ2) is 3.10. The molecular weight excluding hydrogens is 192 g/mol. The highest BCUT2D eigenvalue weighted by Crippen LogP contribution is 2.40. The summed E-state index contributed by atoms with van der Waals surface area (Å²) in [7, 11) is 3.31. The molecule has 2 rings (SSSR count). The Balaban J connectivity index is 2.52. The van der Waals surface area contributed by atoms with E-state index in [-0.39, 0.29) is 11.9 Å². The molecule has 2 unspecified atom stereocenters. The zero-order valence-corrected chi connectivity index (χ0v) is 9.28. The number of aryl methyl sites for hydroxylation is 1. The van der Waals surface area contributed by atoms with Crippen molar-refractivity contribution in [1.82, 2.24) is 4.57 Å². The number of hydrogen-bond acceptors (Lipinski definition) is 3. The highest BCUT2D eigenvalue weighted by atomic mass is 16.5. The van der Waals surface area contributed by atoms with E-state index in [0.29, 0.717) is 0 Å². The van der Waals surface area contributed by atoms with Crippen LogP contribution in [0.4, 0.5) is 0 Å². The average molecular weight is 208 g/mol. The summed E-state index contributed by atoms with van der Waals surface area (Å²) in [6.07, 6.45) is 4.76. The molecule has 0 saturated carbocycles. The molecule has 0 radical (unpaired) electrons. The minimum Gasteiger partial charge on any atom is -0.467 e. The first-order chi connectivity index (χ1) is 7.00. The minimum absolute atomic E-state index is 0.0937. The zero-order chi connectivity index (χ0) is 11.2. The largest absolute Gasteiger partial charge is 0.467 e. The Hall–Kier alpha value is -1.29. The Kier molecular flexibility index (Phi) is 2.12. The van der Waals surface area contributed by atoms with Gasteiger partial charge in [0.25, 0.3) is 0 Å². The van der Waals surface area contributed by atoms with E-state index in [2.05, 4.69) is 0 Å². The molecule has 0 saturated heterocycles. The van der Waals surface area contributed by atoms with Crippen LogP contribution in [-0.4, -0.2) is 17.6 Å². The quantitative estimate of drug-likeness (QED) is 0.685. The summed E-state index contributed by atoms with van der Waals surface area (Å²) < 4.78 is 6.73. The van der Waals surface area contributed by atoms with E-state index < -0.39 is 5.54 Å². The van der Waals surface area contributed by atoms with Gasteiger partial charge in [-0.05, 0) is 17.9 Å². The van der Waals surface area contributed by atoms with E-state index in [1.54, 1.807) is 0 Å². The molecule has 82 valence electrons. The van der Waals surface area contributed by atoms with E-state index in [1.807, 2.05) is 30.9 Å². The Morgan fingerprint density at radius 1 is 1.67 bits per heavy atom. The van der Waals surface area contributed by atoms with Gasteiger partial charge in [-0.25, -0.2) is 4.79 Å². The molecule has 1 aromatic heterocycles. The lowest BCUT2D eigenvalue weighted by atomic mass is 9.86. The summed E-state index contributed by atoms with van der Waals surface area (Å²) in [6.45, 7) is 1.98. The van der Waals surface area contributed by atoms with Crippen LogP contribution in [-0.2, 0) is 28.5 Å². The van der Waals surface area contributed by atoms with E-state index in [9.17, 15) is 4.79 Å². The Labute approximate surface area is 89.0 Å². The molecule has 0 amide bonds. The standard InChI is InChI=1S/C11H16N2O2/c1-7-4-8-5-13(2)6-9(8)11(7,12)10(14)15-3/h5-7H,4,12H2,1-3H3. The van der Waals surface area contributed by atoms with Crippen molar-refractivity contribution in [3.05, 3.63) is 23.5 Å². The molecule has 2 atom stereocenters. The van der Waals surface area contributed by atoms with Crippen LogP contribution in [0.2, 0.25) is 0 Å². The molecule has 0 fully saturated rings. The van der Waals surface area contributed by atoms with Crippen LogP contribution >= 0.6 is 0 Å². The first-order valence-corrected chi connectivity index (χ1v) is 5.02. The van der Waals surface area contributed by atoms with Crippen molar-refractivity contribution in [2.75, 3.05) is 7.11 Å². The smallest absolute Gasteiger partial charge is 0.330 e. The summed E-state index contributed by atoms with van der Waals surface area (Å²) in [4.78, 5) is 11.8.